The first-order chi connectivity index (χ1) is 6.13. The Labute approximate surface area is 79.5 Å². The first-order valence-corrected chi connectivity index (χ1v) is 4.49. The van der Waals surface area contributed by atoms with Gasteiger partial charge >= 0.3 is 5.97 Å². The Balaban J connectivity index is 2.84. The van der Waals surface area contributed by atoms with Crippen LogP contribution in [0.4, 0.5) is 0 Å². The third kappa shape index (κ3) is 2.53. The van der Waals surface area contributed by atoms with Crippen molar-refractivity contribution in [3.8, 4) is 6.07 Å². The van der Waals surface area contributed by atoms with Gasteiger partial charge in [-0.3, -0.25) is 4.79 Å². The lowest BCUT2D eigenvalue weighted by Crippen LogP contribution is -1.99. The number of nitriles is 1. The molecule has 0 saturated carbocycles. The number of aliphatic carboxylic acids is 1. The second-order valence-corrected chi connectivity index (χ2v) is 3.69. The Morgan fingerprint density at radius 1 is 1.77 bits per heavy atom. The maximum atomic E-state index is 10.4. The summed E-state index contributed by atoms with van der Waals surface area (Å²) in [6, 6.07) is 1.98. The lowest BCUT2D eigenvalue weighted by molar-refractivity contribution is -0.136. The molecule has 0 aromatic carbocycles. The molecule has 0 amide bonds. The number of hydrogen-bond acceptors (Lipinski definition) is 4. The molecule has 4 nitrogen and oxygen atoms in total. The van der Waals surface area contributed by atoms with E-state index in [-0.39, 0.29) is 12.8 Å². The Morgan fingerprint density at radius 3 is 3.00 bits per heavy atom. The molecule has 1 heterocycles. The largest absolute Gasteiger partial charge is 0.481 e. The molecule has 0 unspecified atom stereocenters. The molecule has 0 saturated heterocycles. The van der Waals surface area contributed by atoms with Crippen molar-refractivity contribution < 1.29 is 9.90 Å². The van der Waals surface area contributed by atoms with Gasteiger partial charge in [-0.05, 0) is 6.92 Å². The zero-order valence-electron chi connectivity index (χ0n) is 7.07. The summed E-state index contributed by atoms with van der Waals surface area (Å²) in [6.45, 7) is 1.76. The second kappa shape index (κ2) is 4.01. The van der Waals surface area contributed by atoms with Gasteiger partial charge in [-0.25, -0.2) is 4.98 Å². The fourth-order valence-electron chi connectivity index (χ4n) is 0.933. The fourth-order valence-corrected chi connectivity index (χ4v) is 1.93. The van der Waals surface area contributed by atoms with Crippen molar-refractivity contribution in [2.75, 3.05) is 0 Å². The van der Waals surface area contributed by atoms with Crippen molar-refractivity contribution in [3.63, 3.8) is 0 Å². The number of aryl methyl sites for hydroxylation is 1. The highest BCUT2D eigenvalue weighted by molar-refractivity contribution is 7.11. The van der Waals surface area contributed by atoms with E-state index < -0.39 is 5.97 Å². The summed E-state index contributed by atoms with van der Waals surface area (Å²) < 4.78 is 0. The predicted octanol–water partition coefficient (Wildman–Crippen LogP) is 1.14. The number of carboxylic acids is 1. The van der Waals surface area contributed by atoms with Crippen LogP contribution in [0, 0.1) is 18.3 Å². The number of nitrogens with zero attached hydrogens (tertiary/aromatic N) is 2. The number of carbonyl (C=O) groups is 1. The molecule has 0 spiro atoms. The summed E-state index contributed by atoms with van der Waals surface area (Å²) in [7, 11) is 0. The molecule has 1 aromatic heterocycles. The van der Waals surface area contributed by atoms with Crippen LogP contribution in [-0.4, -0.2) is 16.1 Å². The van der Waals surface area contributed by atoms with Crippen LogP contribution in [0.3, 0.4) is 0 Å². The first kappa shape index (κ1) is 9.68. The maximum absolute atomic E-state index is 10.4. The Morgan fingerprint density at radius 2 is 2.46 bits per heavy atom. The monoisotopic (exact) mass is 196 g/mol. The van der Waals surface area contributed by atoms with Crippen molar-refractivity contribution in [3.05, 3.63) is 15.6 Å². The molecular formula is C8H8N2O2S. The van der Waals surface area contributed by atoms with Crippen LogP contribution in [0.1, 0.15) is 15.6 Å². The van der Waals surface area contributed by atoms with Crippen molar-refractivity contribution >= 4 is 17.3 Å². The van der Waals surface area contributed by atoms with E-state index in [0.717, 1.165) is 10.6 Å². The number of rotatable bonds is 3. The second-order valence-electron chi connectivity index (χ2n) is 2.52. The average molecular weight is 196 g/mol. The molecule has 1 N–H and O–H groups in total. The van der Waals surface area contributed by atoms with Gasteiger partial charge in [0, 0.05) is 4.88 Å². The van der Waals surface area contributed by atoms with Crippen molar-refractivity contribution in [2.45, 2.75) is 19.8 Å². The molecule has 13 heavy (non-hydrogen) atoms. The molecular weight excluding hydrogens is 188 g/mol. The predicted molar refractivity (Wildman–Crippen MR) is 47.5 cm³/mol. The summed E-state index contributed by atoms with van der Waals surface area (Å²) in [5, 5.41) is 17.6. The standard InChI is InChI=1S/C8H8N2O2S/c1-5-6(4-8(11)12)13-7(10-5)2-3-9/h2,4H2,1H3,(H,11,12). The summed E-state index contributed by atoms with van der Waals surface area (Å²) in [5.74, 6) is -0.866. The highest BCUT2D eigenvalue weighted by atomic mass is 32.1. The van der Waals surface area contributed by atoms with Gasteiger partial charge in [0.2, 0.25) is 0 Å². The Kier molecular flexibility index (Phi) is 2.98. The number of aromatic nitrogens is 1. The van der Waals surface area contributed by atoms with E-state index in [4.69, 9.17) is 10.4 Å². The van der Waals surface area contributed by atoms with Gasteiger partial charge in [0.1, 0.15) is 5.01 Å². The lowest BCUT2D eigenvalue weighted by Gasteiger charge is -1.89. The van der Waals surface area contributed by atoms with Gasteiger partial charge in [-0.1, -0.05) is 0 Å². The van der Waals surface area contributed by atoms with E-state index in [9.17, 15) is 4.79 Å². The van der Waals surface area contributed by atoms with E-state index >= 15 is 0 Å². The summed E-state index contributed by atoms with van der Waals surface area (Å²) in [4.78, 5) is 15.2. The first-order valence-electron chi connectivity index (χ1n) is 3.67. The van der Waals surface area contributed by atoms with E-state index in [1.54, 1.807) is 6.92 Å². The van der Waals surface area contributed by atoms with Gasteiger partial charge in [-0.15, -0.1) is 11.3 Å². The van der Waals surface area contributed by atoms with Crippen LogP contribution in [-0.2, 0) is 17.6 Å². The molecule has 1 aromatic rings. The van der Waals surface area contributed by atoms with Crippen LogP contribution in [0.25, 0.3) is 0 Å². The number of hydrogen-bond donors (Lipinski definition) is 1. The van der Waals surface area contributed by atoms with Crippen LogP contribution in [0.2, 0.25) is 0 Å². The van der Waals surface area contributed by atoms with E-state index in [2.05, 4.69) is 4.98 Å². The molecule has 1 rings (SSSR count). The van der Waals surface area contributed by atoms with Crippen LogP contribution >= 0.6 is 11.3 Å². The number of carboxylic acid groups (broad SMARTS) is 1. The SMILES string of the molecule is Cc1nc(CC#N)sc1CC(=O)O. The Bertz CT molecular complexity index is 365. The summed E-state index contributed by atoms with van der Waals surface area (Å²) in [6.07, 6.45) is 0.250. The van der Waals surface area contributed by atoms with E-state index in [0.29, 0.717) is 5.01 Å². The molecule has 0 fully saturated rings. The van der Waals surface area contributed by atoms with Crippen LogP contribution in [0.15, 0.2) is 0 Å². The molecule has 0 bridgehead atoms. The maximum Gasteiger partial charge on any atom is 0.308 e. The quantitative estimate of drug-likeness (QED) is 0.786. The van der Waals surface area contributed by atoms with Gasteiger partial charge in [0.15, 0.2) is 0 Å². The third-order valence-corrected chi connectivity index (χ3v) is 2.64. The highest BCUT2D eigenvalue weighted by Crippen LogP contribution is 2.18. The normalized spacial score (nSPS) is 9.54. The minimum atomic E-state index is -0.866. The van der Waals surface area contributed by atoms with Crippen LogP contribution < -0.4 is 0 Å². The van der Waals surface area contributed by atoms with E-state index in [1.807, 2.05) is 6.07 Å². The van der Waals surface area contributed by atoms with Crippen LogP contribution in [0.5, 0.6) is 0 Å². The van der Waals surface area contributed by atoms with Gasteiger partial charge in [0.25, 0.3) is 0 Å². The van der Waals surface area contributed by atoms with Gasteiger partial charge in [0.05, 0.1) is 24.6 Å². The minimum absolute atomic E-state index is 0.00503. The highest BCUT2D eigenvalue weighted by Gasteiger charge is 2.10. The van der Waals surface area contributed by atoms with Crippen molar-refractivity contribution in [1.82, 2.24) is 4.98 Å². The minimum Gasteiger partial charge on any atom is -0.481 e. The average Bonchev–Trinajstić information content (AvgIpc) is 2.31. The smallest absolute Gasteiger partial charge is 0.308 e. The van der Waals surface area contributed by atoms with E-state index in [1.165, 1.54) is 11.3 Å². The van der Waals surface area contributed by atoms with Gasteiger partial charge in [-0.2, -0.15) is 5.26 Å². The summed E-state index contributed by atoms with van der Waals surface area (Å²) >= 11 is 1.30. The zero-order valence-corrected chi connectivity index (χ0v) is 7.89. The number of thiazole rings is 1. The molecule has 5 heteroatoms. The molecule has 0 aliphatic heterocycles. The molecule has 0 radical (unpaired) electrons. The van der Waals surface area contributed by atoms with Crippen molar-refractivity contribution in [1.29, 1.82) is 5.26 Å². The van der Waals surface area contributed by atoms with Gasteiger partial charge < -0.3 is 5.11 Å². The van der Waals surface area contributed by atoms with Crippen molar-refractivity contribution in [2.24, 2.45) is 0 Å². The fraction of sp³-hybridized carbons (Fsp3) is 0.375. The Hall–Kier alpha value is -1.41. The molecule has 0 aliphatic carbocycles. The molecule has 0 atom stereocenters. The zero-order chi connectivity index (χ0) is 9.84. The topological polar surface area (TPSA) is 74.0 Å². The summed E-state index contributed by atoms with van der Waals surface area (Å²) in [5.41, 5.74) is 0.720. The molecule has 0 aliphatic rings. The third-order valence-electron chi connectivity index (χ3n) is 1.48. The molecule has 68 valence electrons. The lowest BCUT2D eigenvalue weighted by atomic mass is 10.3.